The molecule has 244 valence electrons. The molecule has 0 atom stereocenters. The van der Waals surface area contributed by atoms with Gasteiger partial charge in [-0.1, -0.05) is 36.4 Å². The summed E-state index contributed by atoms with van der Waals surface area (Å²) in [6.07, 6.45) is 2.95. The molecule has 3 heterocycles. The van der Waals surface area contributed by atoms with Crippen LogP contribution in [0.25, 0.3) is 11.1 Å². The van der Waals surface area contributed by atoms with Gasteiger partial charge < -0.3 is 29.5 Å². The van der Waals surface area contributed by atoms with Crippen LogP contribution < -0.4 is 15.1 Å². The number of alkyl carbamates (subject to hydrolysis) is 1. The van der Waals surface area contributed by atoms with E-state index in [2.05, 4.69) is 10.2 Å². The molecule has 2 aromatic carbocycles. The average molecular weight is 632 g/mol. The van der Waals surface area contributed by atoms with E-state index in [0.717, 1.165) is 17.4 Å². The highest BCUT2D eigenvalue weighted by Gasteiger charge is 2.31. The second-order valence-corrected chi connectivity index (χ2v) is 12.8. The average Bonchev–Trinajstić information content (AvgIpc) is 3.03. The number of hydrogen-bond acceptors (Lipinski definition) is 8. The molecule has 0 bridgehead atoms. The predicted molar refractivity (Wildman–Crippen MR) is 175 cm³/mol. The molecule has 10 nitrogen and oxygen atoms in total. The number of carbonyl (C=O) groups excluding carboxylic acids is 3. The van der Waals surface area contributed by atoms with Gasteiger partial charge in [0.15, 0.2) is 6.29 Å². The van der Waals surface area contributed by atoms with Crippen LogP contribution in [0.3, 0.4) is 0 Å². The van der Waals surface area contributed by atoms with E-state index in [-0.39, 0.29) is 24.6 Å². The van der Waals surface area contributed by atoms with Crippen LogP contribution in [0.1, 0.15) is 55.1 Å². The molecule has 0 radical (unpaired) electrons. The number of aryl methyl sites for hydroxylation is 1. The second-order valence-electron chi connectivity index (χ2n) is 12.8. The van der Waals surface area contributed by atoms with Crippen molar-refractivity contribution in [1.82, 2.24) is 15.2 Å². The zero-order valence-electron chi connectivity index (χ0n) is 26.9. The molecule has 2 aliphatic rings. The number of piperazine rings is 1. The van der Waals surface area contributed by atoms with Crippen molar-refractivity contribution in [2.24, 2.45) is 0 Å². The third-order valence-electron chi connectivity index (χ3n) is 8.11. The van der Waals surface area contributed by atoms with Gasteiger partial charge >= 0.3 is 12.2 Å². The number of carbonyl (C=O) groups is 3. The molecule has 1 aromatic heterocycles. The highest BCUT2D eigenvalue weighted by molar-refractivity contribution is 5.98. The number of ether oxygens (including phenoxy) is 2. The molecular weight excluding hydrogens is 589 g/mol. The zero-order valence-corrected chi connectivity index (χ0v) is 26.9. The molecule has 0 aliphatic carbocycles. The molecule has 2 fully saturated rings. The van der Waals surface area contributed by atoms with Gasteiger partial charge in [-0.05, 0) is 69.4 Å². The van der Waals surface area contributed by atoms with Crippen LogP contribution in [-0.4, -0.2) is 79.3 Å². The second kappa shape index (κ2) is 14.2. The Morgan fingerprint density at radius 3 is 2.33 bits per heavy atom. The topological polar surface area (TPSA) is 104 Å². The summed E-state index contributed by atoms with van der Waals surface area (Å²) >= 11 is 0. The minimum absolute atomic E-state index is 0.0960. The Balaban J connectivity index is 1.35. The first-order chi connectivity index (χ1) is 22.0. The number of benzene rings is 2. The van der Waals surface area contributed by atoms with Crippen molar-refractivity contribution in [2.45, 2.75) is 58.8 Å². The van der Waals surface area contributed by atoms with Crippen LogP contribution in [0, 0.1) is 12.7 Å². The maximum absolute atomic E-state index is 14.6. The van der Waals surface area contributed by atoms with E-state index in [1.807, 2.05) is 69.0 Å². The van der Waals surface area contributed by atoms with Crippen molar-refractivity contribution < 1.29 is 28.2 Å². The van der Waals surface area contributed by atoms with E-state index in [1.165, 1.54) is 12.1 Å². The summed E-state index contributed by atoms with van der Waals surface area (Å²) in [6.45, 7) is 10.4. The maximum atomic E-state index is 14.6. The summed E-state index contributed by atoms with van der Waals surface area (Å²) < 4.78 is 25.5. The Labute approximate surface area is 269 Å². The molecule has 2 amide bonds. The number of nitrogens with zero attached hydrogens (tertiary/aromatic N) is 4. The van der Waals surface area contributed by atoms with Crippen molar-refractivity contribution in [3.63, 3.8) is 0 Å². The van der Waals surface area contributed by atoms with E-state index in [1.54, 1.807) is 11.1 Å². The number of piperidine rings is 1. The summed E-state index contributed by atoms with van der Waals surface area (Å²) in [6, 6.07) is 14.2. The molecule has 2 saturated heterocycles. The Morgan fingerprint density at radius 1 is 1.00 bits per heavy atom. The SMILES string of the molecule is Cc1cc(F)cc(-c2cnc(N3CCN(C(=O)OC(C)(C)C)CC3)c(C=O)c2N2CCC(NC(=O)OCc3ccccc3)CC2)c1. The van der Waals surface area contributed by atoms with E-state index in [9.17, 15) is 18.8 Å². The van der Waals surface area contributed by atoms with Gasteiger partial charge in [-0.3, -0.25) is 4.79 Å². The first kappa shape index (κ1) is 32.7. The quantitative estimate of drug-likeness (QED) is 0.319. The molecule has 0 spiro atoms. The number of pyridine rings is 1. The number of anilines is 2. The lowest BCUT2D eigenvalue weighted by Gasteiger charge is -2.39. The highest BCUT2D eigenvalue weighted by Crippen LogP contribution is 2.39. The first-order valence-electron chi connectivity index (χ1n) is 15.7. The fourth-order valence-electron chi connectivity index (χ4n) is 5.92. The zero-order chi connectivity index (χ0) is 32.8. The third-order valence-corrected chi connectivity index (χ3v) is 8.11. The molecule has 0 saturated carbocycles. The van der Waals surface area contributed by atoms with E-state index >= 15 is 0 Å². The number of aromatic nitrogens is 1. The standard InChI is InChI=1S/C35H42FN5O5/c1-24-18-26(20-27(36)19-24)29-21-37-32(40-14-16-41(17-15-40)34(44)46-35(2,3)4)30(22-42)31(29)39-12-10-28(11-13-39)38-33(43)45-23-25-8-6-5-7-9-25/h5-9,18-22,28H,10-17,23H2,1-4H3,(H,38,43). The van der Waals surface area contributed by atoms with Crippen LogP contribution in [-0.2, 0) is 16.1 Å². The highest BCUT2D eigenvalue weighted by atomic mass is 19.1. The van der Waals surface area contributed by atoms with Crippen LogP contribution in [0.5, 0.6) is 0 Å². The number of rotatable bonds is 7. The monoisotopic (exact) mass is 631 g/mol. The molecule has 1 N–H and O–H groups in total. The fraction of sp³-hybridized carbons (Fsp3) is 0.429. The Bertz CT molecular complexity index is 1520. The third kappa shape index (κ3) is 8.13. The Hall–Kier alpha value is -4.67. The van der Waals surface area contributed by atoms with Crippen molar-refractivity contribution >= 4 is 30.0 Å². The number of halogens is 1. The fourth-order valence-corrected chi connectivity index (χ4v) is 5.92. The Morgan fingerprint density at radius 2 is 1.70 bits per heavy atom. The van der Waals surface area contributed by atoms with Gasteiger partial charge in [0.1, 0.15) is 23.8 Å². The largest absolute Gasteiger partial charge is 0.445 e. The number of aldehydes is 1. The van der Waals surface area contributed by atoms with Gasteiger partial charge in [0.05, 0.1) is 11.3 Å². The van der Waals surface area contributed by atoms with Gasteiger partial charge in [-0.15, -0.1) is 0 Å². The lowest BCUT2D eigenvalue weighted by atomic mass is 9.97. The maximum Gasteiger partial charge on any atom is 0.410 e. The summed E-state index contributed by atoms with van der Waals surface area (Å²) in [4.78, 5) is 48.5. The summed E-state index contributed by atoms with van der Waals surface area (Å²) in [7, 11) is 0. The lowest BCUT2D eigenvalue weighted by molar-refractivity contribution is 0.0240. The van der Waals surface area contributed by atoms with Gasteiger partial charge in [0.25, 0.3) is 0 Å². The normalized spacial score (nSPS) is 15.8. The molecule has 11 heteroatoms. The number of nitrogens with one attached hydrogen (secondary N) is 1. The molecule has 2 aliphatic heterocycles. The smallest absolute Gasteiger partial charge is 0.410 e. The van der Waals surface area contributed by atoms with Gasteiger partial charge in [-0.25, -0.2) is 19.0 Å². The van der Waals surface area contributed by atoms with Crippen molar-refractivity contribution in [3.05, 3.63) is 77.2 Å². The summed E-state index contributed by atoms with van der Waals surface area (Å²) in [5.41, 5.74) is 3.47. The molecule has 5 rings (SSSR count). The summed E-state index contributed by atoms with van der Waals surface area (Å²) in [5, 5.41) is 2.97. The van der Waals surface area contributed by atoms with Gasteiger partial charge in [-0.2, -0.15) is 0 Å². The minimum atomic E-state index is -0.591. The predicted octanol–water partition coefficient (Wildman–Crippen LogP) is 5.96. The first-order valence-corrected chi connectivity index (χ1v) is 15.7. The molecule has 0 unspecified atom stereocenters. The van der Waals surface area contributed by atoms with Crippen molar-refractivity contribution in [1.29, 1.82) is 0 Å². The molecule has 46 heavy (non-hydrogen) atoms. The molecular formula is C35H42FN5O5. The lowest BCUT2D eigenvalue weighted by Crippen LogP contribution is -2.50. The van der Waals surface area contributed by atoms with E-state index < -0.39 is 11.7 Å². The van der Waals surface area contributed by atoms with Crippen molar-refractivity contribution in [2.75, 3.05) is 49.1 Å². The summed E-state index contributed by atoms with van der Waals surface area (Å²) in [5.74, 6) is 0.156. The number of amides is 2. The van der Waals surface area contributed by atoms with E-state index in [0.29, 0.717) is 80.3 Å². The van der Waals surface area contributed by atoms with Gasteiger partial charge in [0.2, 0.25) is 0 Å². The van der Waals surface area contributed by atoms with Crippen LogP contribution in [0.15, 0.2) is 54.7 Å². The number of hydrogen-bond donors (Lipinski definition) is 1. The van der Waals surface area contributed by atoms with E-state index in [4.69, 9.17) is 14.5 Å². The van der Waals surface area contributed by atoms with Crippen molar-refractivity contribution in [3.8, 4) is 11.1 Å². The van der Waals surface area contributed by atoms with Gasteiger partial charge in [0, 0.05) is 57.1 Å². The van der Waals surface area contributed by atoms with Crippen LogP contribution in [0.2, 0.25) is 0 Å². The van der Waals surface area contributed by atoms with Crippen LogP contribution >= 0.6 is 0 Å². The van der Waals surface area contributed by atoms with Crippen LogP contribution in [0.4, 0.5) is 25.5 Å². The minimum Gasteiger partial charge on any atom is -0.445 e. The Kier molecular flexibility index (Phi) is 10.1. The molecule has 3 aromatic rings.